The van der Waals surface area contributed by atoms with Crippen LogP contribution in [0.5, 0.6) is 0 Å². The number of hydrogen-bond donors (Lipinski definition) is 1. The average Bonchev–Trinajstić information content (AvgIpc) is 2.48. The van der Waals surface area contributed by atoms with E-state index in [1.54, 1.807) is 11.3 Å². The van der Waals surface area contributed by atoms with Gasteiger partial charge in [0.05, 0.1) is 5.69 Å². The molecule has 0 amide bonds. The van der Waals surface area contributed by atoms with Gasteiger partial charge in [-0.15, -0.1) is 11.3 Å². The quantitative estimate of drug-likeness (QED) is 0.832. The van der Waals surface area contributed by atoms with E-state index in [1.165, 1.54) is 4.88 Å². The van der Waals surface area contributed by atoms with Crippen molar-refractivity contribution in [3.63, 3.8) is 0 Å². The maximum atomic E-state index is 5.76. The van der Waals surface area contributed by atoms with Crippen molar-refractivity contribution >= 4 is 16.5 Å². The van der Waals surface area contributed by atoms with Crippen LogP contribution in [-0.4, -0.2) is 25.6 Å². The number of aromatic nitrogens is 1. The van der Waals surface area contributed by atoms with E-state index in [-0.39, 0.29) is 5.41 Å². The molecule has 0 bridgehead atoms. The molecule has 1 rings (SSSR count). The van der Waals surface area contributed by atoms with Crippen LogP contribution in [0.15, 0.2) is 0 Å². The number of rotatable bonds is 3. The van der Waals surface area contributed by atoms with Gasteiger partial charge in [-0.2, -0.15) is 0 Å². The van der Waals surface area contributed by atoms with Crippen LogP contribution >= 0.6 is 11.3 Å². The van der Waals surface area contributed by atoms with Gasteiger partial charge in [-0.3, -0.25) is 0 Å². The molecule has 0 fully saturated rings. The van der Waals surface area contributed by atoms with Gasteiger partial charge >= 0.3 is 0 Å². The summed E-state index contributed by atoms with van der Waals surface area (Å²) in [4.78, 5) is 7.84. The van der Waals surface area contributed by atoms with Crippen molar-refractivity contribution in [2.75, 3.05) is 25.5 Å². The highest BCUT2D eigenvalue weighted by Gasteiger charge is 2.24. The molecule has 14 heavy (non-hydrogen) atoms. The summed E-state index contributed by atoms with van der Waals surface area (Å²) >= 11 is 1.73. The van der Waals surface area contributed by atoms with Crippen molar-refractivity contribution in [3.05, 3.63) is 10.6 Å². The van der Waals surface area contributed by atoms with Crippen LogP contribution in [0.2, 0.25) is 0 Å². The summed E-state index contributed by atoms with van der Waals surface area (Å²) in [7, 11) is 4.02. The molecule has 0 saturated carbocycles. The average molecular weight is 213 g/mol. The van der Waals surface area contributed by atoms with Crippen molar-refractivity contribution in [1.29, 1.82) is 0 Å². The zero-order valence-electron chi connectivity index (χ0n) is 9.59. The number of hydrogen-bond acceptors (Lipinski definition) is 4. The third kappa shape index (κ3) is 2.07. The van der Waals surface area contributed by atoms with E-state index < -0.39 is 0 Å². The van der Waals surface area contributed by atoms with E-state index in [9.17, 15) is 0 Å². The fraction of sp³-hybridized carbons (Fsp3) is 0.700. The number of thiazole rings is 1. The smallest absolute Gasteiger partial charge is 0.185 e. The second-order valence-electron chi connectivity index (χ2n) is 4.39. The molecule has 80 valence electrons. The molecular formula is C10H19N3S. The van der Waals surface area contributed by atoms with E-state index >= 15 is 0 Å². The molecule has 0 unspecified atom stereocenters. The molecule has 0 spiro atoms. The Bertz CT molecular complexity index is 315. The van der Waals surface area contributed by atoms with Crippen molar-refractivity contribution in [2.45, 2.75) is 26.2 Å². The van der Waals surface area contributed by atoms with Gasteiger partial charge < -0.3 is 10.6 Å². The number of nitrogens with zero attached hydrogens (tertiary/aromatic N) is 2. The molecule has 0 saturated heterocycles. The molecule has 0 aliphatic carbocycles. The van der Waals surface area contributed by atoms with Crippen LogP contribution < -0.4 is 10.6 Å². The molecule has 0 radical (unpaired) electrons. The molecule has 0 atom stereocenters. The topological polar surface area (TPSA) is 42.2 Å². The first kappa shape index (κ1) is 11.5. The Labute approximate surface area is 89.9 Å². The van der Waals surface area contributed by atoms with Gasteiger partial charge in [0, 0.05) is 30.9 Å². The number of aryl methyl sites for hydroxylation is 1. The maximum Gasteiger partial charge on any atom is 0.185 e. The van der Waals surface area contributed by atoms with E-state index in [0.717, 1.165) is 10.8 Å². The van der Waals surface area contributed by atoms with Crippen molar-refractivity contribution in [3.8, 4) is 0 Å². The van der Waals surface area contributed by atoms with E-state index in [0.29, 0.717) is 6.54 Å². The van der Waals surface area contributed by atoms with Crippen molar-refractivity contribution in [1.82, 2.24) is 4.98 Å². The van der Waals surface area contributed by atoms with Crippen LogP contribution in [0.1, 0.15) is 24.4 Å². The number of anilines is 1. The SMILES string of the molecule is Cc1nc(N(C)C)sc1C(C)(C)CN. The van der Waals surface area contributed by atoms with Gasteiger partial charge in [-0.05, 0) is 6.92 Å². The molecular weight excluding hydrogens is 194 g/mol. The molecule has 1 aromatic heterocycles. The zero-order chi connectivity index (χ0) is 10.9. The Balaban J connectivity index is 3.10. The van der Waals surface area contributed by atoms with Gasteiger partial charge in [0.1, 0.15) is 0 Å². The minimum Gasteiger partial charge on any atom is -0.354 e. The first-order chi connectivity index (χ1) is 6.38. The predicted molar refractivity (Wildman–Crippen MR) is 63.3 cm³/mol. The lowest BCUT2D eigenvalue weighted by Gasteiger charge is -2.20. The highest BCUT2D eigenvalue weighted by molar-refractivity contribution is 7.15. The summed E-state index contributed by atoms with van der Waals surface area (Å²) in [6, 6.07) is 0. The largest absolute Gasteiger partial charge is 0.354 e. The summed E-state index contributed by atoms with van der Waals surface area (Å²) in [5.74, 6) is 0. The highest BCUT2D eigenvalue weighted by atomic mass is 32.1. The van der Waals surface area contributed by atoms with Crippen molar-refractivity contribution < 1.29 is 0 Å². The van der Waals surface area contributed by atoms with Crippen LogP contribution in [0.25, 0.3) is 0 Å². The summed E-state index contributed by atoms with van der Waals surface area (Å²) in [5, 5.41) is 1.05. The fourth-order valence-corrected chi connectivity index (χ4v) is 2.39. The lowest BCUT2D eigenvalue weighted by atomic mass is 9.91. The minimum absolute atomic E-state index is 0.0377. The van der Waals surface area contributed by atoms with Crippen LogP contribution in [0.4, 0.5) is 5.13 Å². The van der Waals surface area contributed by atoms with Gasteiger partial charge in [0.15, 0.2) is 5.13 Å². The number of nitrogens with two attached hydrogens (primary N) is 1. The Kier molecular flexibility index (Phi) is 3.17. The Hall–Kier alpha value is -0.610. The van der Waals surface area contributed by atoms with E-state index in [1.807, 2.05) is 19.0 Å². The Morgan fingerprint density at radius 2 is 2.00 bits per heavy atom. The lowest BCUT2D eigenvalue weighted by Crippen LogP contribution is -2.27. The highest BCUT2D eigenvalue weighted by Crippen LogP contribution is 2.34. The van der Waals surface area contributed by atoms with E-state index in [2.05, 4.69) is 25.8 Å². The third-order valence-corrected chi connectivity index (χ3v) is 3.98. The third-order valence-electron chi connectivity index (χ3n) is 2.29. The molecule has 1 aromatic rings. The zero-order valence-corrected chi connectivity index (χ0v) is 10.4. The lowest BCUT2D eigenvalue weighted by molar-refractivity contribution is 0.546. The van der Waals surface area contributed by atoms with Gasteiger partial charge in [0.2, 0.25) is 0 Å². The first-order valence-electron chi connectivity index (χ1n) is 4.74. The standard InChI is InChI=1S/C10H19N3S/c1-7-8(10(2,3)6-11)14-9(12-7)13(4)5/h6,11H2,1-5H3. The predicted octanol–water partition coefficient (Wildman–Crippen LogP) is 1.75. The molecule has 0 aliphatic rings. The molecule has 0 aromatic carbocycles. The second-order valence-corrected chi connectivity index (χ2v) is 5.37. The molecule has 0 aliphatic heterocycles. The summed E-state index contributed by atoms with van der Waals surface area (Å²) in [6.45, 7) is 7.03. The van der Waals surface area contributed by atoms with Gasteiger partial charge in [-0.1, -0.05) is 13.8 Å². The minimum atomic E-state index is 0.0377. The summed E-state index contributed by atoms with van der Waals surface area (Å²) < 4.78 is 0. The van der Waals surface area contributed by atoms with Crippen LogP contribution in [0.3, 0.4) is 0 Å². The maximum absolute atomic E-state index is 5.76. The summed E-state index contributed by atoms with van der Waals surface area (Å²) in [5.41, 5.74) is 6.90. The first-order valence-corrected chi connectivity index (χ1v) is 5.55. The Morgan fingerprint density at radius 3 is 2.36 bits per heavy atom. The summed E-state index contributed by atoms with van der Waals surface area (Å²) in [6.07, 6.45) is 0. The Morgan fingerprint density at radius 1 is 1.43 bits per heavy atom. The van der Waals surface area contributed by atoms with Crippen molar-refractivity contribution in [2.24, 2.45) is 5.73 Å². The van der Waals surface area contributed by atoms with Gasteiger partial charge in [-0.25, -0.2) is 4.98 Å². The normalized spacial score (nSPS) is 11.9. The monoisotopic (exact) mass is 213 g/mol. The fourth-order valence-electron chi connectivity index (χ4n) is 1.29. The molecule has 1 heterocycles. The van der Waals surface area contributed by atoms with E-state index in [4.69, 9.17) is 5.73 Å². The second kappa shape index (κ2) is 3.87. The molecule has 3 nitrogen and oxygen atoms in total. The molecule has 4 heteroatoms. The van der Waals surface area contributed by atoms with Crippen LogP contribution in [0, 0.1) is 6.92 Å². The molecule has 2 N–H and O–H groups in total. The van der Waals surface area contributed by atoms with Crippen LogP contribution in [-0.2, 0) is 5.41 Å². The van der Waals surface area contributed by atoms with Gasteiger partial charge in [0.25, 0.3) is 0 Å².